The minimum Gasteiger partial charge on any atom is -0.444 e. The summed E-state index contributed by atoms with van der Waals surface area (Å²) in [6.07, 6.45) is -1.10. The Balaban J connectivity index is 1.60. The van der Waals surface area contributed by atoms with Gasteiger partial charge in [0.1, 0.15) is 5.60 Å². The van der Waals surface area contributed by atoms with Crippen LogP contribution in [0.5, 0.6) is 0 Å². The van der Waals surface area contributed by atoms with Crippen molar-refractivity contribution in [2.24, 2.45) is 0 Å². The molecule has 9 heteroatoms. The smallest absolute Gasteiger partial charge is 0.410 e. The first-order valence-electron chi connectivity index (χ1n) is 9.53. The summed E-state index contributed by atoms with van der Waals surface area (Å²) in [6.45, 7) is 7.93. The number of piperazine rings is 1. The summed E-state index contributed by atoms with van der Waals surface area (Å²) in [5.41, 5.74) is -0.540. The van der Waals surface area contributed by atoms with Gasteiger partial charge < -0.3 is 14.7 Å². The quantitative estimate of drug-likeness (QED) is 0.797. The van der Waals surface area contributed by atoms with Crippen LogP contribution in [0.3, 0.4) is 0 Å². The number of β-amino-alcohol motifs (C(OH)–C–C–N with tert-alkyl or cyclic N) is 1. The minimum absolute atomic E-state index is 0.0776. The summed E-state index contributed by atoms with van der Waals surface area (Å²) in [7, 11) is -3.63. The summed E-state index contributed by atoms with van der Waals surface area (Å²) in [6, 6.07) is 7.99. The molecule has 1 aromatic carbocycles. The van der Waals surface area contributed by atoms with E-state index in [9.17, 15) is 18.3 Å². The maximum absolute atomic E-state index is 12.8. The van der Waals surface area contributed by atoms with E-state index >= 15 is 0 Å². The third-order valence-corrected chi connectivity index (χ3v) is 6.89. The fourth-order valence-electron chi connectivity index (χ4n) is 3.59. The molecule has 0 saturated carbocycles. The van der Waals surface area contributed by atoms with Crippen molar-refractivity contribution in [3.05, 3.63) is 30.3 Å². The highest BCUT2D eigenvalue weighted by atomic mass is 32.2. The van der Waals surface area contributed by atoms with E-state index in [-0.39, 0.29) is 30.1 Å². The summed E-state index contributed by atoms with van der Waals surface area (Å²) >= 11 is 0. The topological polar surface area (TPSA) is 90.4 Å². The van der Waals surface area contributed by atoms with Crippen LogP contribution in [0.25, 0.3) is 0 Å². The highest BCUT2D eigenvalue weighted by Crippen LogP contribution is 2.25. The third kappa shape index (κ3) is 4.65. The maximum atomic E-state index is 12.8. The molecular formula is C19H29N3O5S. The Bertz CT molecular complexity index is 786. The SMILES string of the molecule is CC(C)(C)OC(=O)N1CCN(C2CN(S(=O)(=O)c3ccccc3)CC2O)CC1. The molecule has 1 aromatic rings. The first kappa shape index (κ1) is 21.0. The van der Waals surface area contributed by atoms with E-state index in [0.717, 1.165) is 0 Å². The van der Waals surface area contributed by atoms with Crippen molar-refractivity contribution in [2.75, 3.05) is 39.3 Å². The molecule has 2 fully saturated rings. The number of aliphatic hydroxyl groups is 1. The zero-order chi connectivity index (χ0) is 20.5. The van der Waals surface area contributed by atoms with E-state index in [0.29, 0.717) is 26.2 Å². The van der Waals surface area contributed by atoms with E-state index < -0.39 is 21.7 Å². The average Bonchev–Trinajstić information content (AvgIpc) is 3.04. The van der Waals surface area contributed by atoms with Crippen LogP contribution in [-0.4, -0.2) is 90.7 Å². The van der Waals surface area contributed by atoms with Gasteiger partial charge in [-0.05, 0) is 32.9 Å². The summed E-state index contributed by atoms with van der Waals surface area (Å²) < 4.78 is 32.4. The summed E-state index contributed by atoms with van der Waals surface area (Å²) in [4.78, 5) is 16.1. The molecule has 1 amide bonds. The molecule has 2 aliphatic rings. The lowest BCUT2D eigenvalue weighted by molar-refractivity contribution is 0.00332. The Morgan fingerprint density at radius 3 is 2.25 bits per heavy atom. The second kappa shape index (κ2) is 7.98. The molecule has 1 N–H and O–H groups in total. The number of nitrogens with zero attached hydrogens (tertiary/aromatic N) is 3. The van der Waals surface area contributed by atoms with Crippen molar-refractivity contribution in [1.29, 1.82) is 0 Å². The fourth-order valence-corrected chi connectivity index (χ4v) is 5.09. The number of ether oxygens (including phenoxy) is 1. The lowest BCUT2D eigenvalue weighted by Gasteiger charge is -2.39. The Morgan fingerprint density at radius 1 is 1.07 bits per heavy atom. The van der Waals surface area contributed by atoms with Crippen molar-refractivity contribution < 1.29 is 23.1 Å². The number of sulfonamides is 1. The molecule has 3 rings (SSSR count). The monoisotopic (exact) mass is 411 g/mol. The van der Waals surface area contributed by atoms with Gasteiger partial charge in [-0.3, -0.25) is 4.90 Å². The van der Waals surface area contributed by atoms with Crippen molar-refractivity contribution in [2.45, 2.75) is 43.4 Å². The number of hydrogen-bond donors (Lipinski definition) is 1. The molecule has 2 saturated heterocycles. The van der Waals surface area contributed by atoms with Gasteiger partial charge in [0.15, 0.2) is 0 Å². The molecule has 0 bridgehead atoms. The zero-order valence-electron chi connectivity index (χ0n) is 16.6. The number of rotatable bonds is 3. The van der Waals surface area contributed by atoms with Crippen molar-refractivity contribution in [3.63, 3.8) is 0 Å². The van der Waals surface area contributed by atoms with E-state index in [4.69, 9.17) is 4.74 Å². The first-order chi connectivity index (χ1) is 13.1. The molecule has 2 aliphatic heterocycles. The van der Waals surface area contributed by atoms with Gasteiger partial charge in [-0.2, -0.15) is 4.31 Å². The Hall–Kier alpha value is -1.68. The molecular weight excluding hydrogens is 382 g/mol. The van der Waals surface area contributed by atoms with E-state index in [1.54, 1.807) is 35.2 Å². The van der Waals surface area contributed by atoms with Gasteiger partial charge in [0.05, 0.1) is 17.0 Å². The number of amides is 1. The largest absolute Gasteiger partial charge is 0.444 e. The van der Waals surface area contributed by atoms with Gasteiger partial charge in [0, 0.05) is 39.3 Å². The standard InChI is InChI=1S/C19H29N3O5S/c1-19(2,3)27-18(24)21-11-9-20(10-12-21)16-13-22(14-17(16)23)28(25,26)15-7-5-4-6-8-15/h4-8,16-17,23H,9-14H2,1-3H3. The second-order valence-electron chi connectivity index (χ2n) is 8.27. The average molecular weight is 412 g/mol. The number of carbonyl (C=O) groups excluding carboxylic acids is 1. The van der Waals surface area contributed by atoms with Crippen LogP contribution in [0.4, 0.5) is 4.79 Å². The molecule has 156 valence electrons. The van der Waals surface area contributed by atoms with Crippen LogP contribution in [0.2, 0.25) is 0 Å². The maximum Gasteiger partial charge on any atom is 0.410 e. The molecule has 0 spiro atoms. The predicted molar refractivity (Wildman–Crippen MR) is 104 cm³/mol. The van der Waals surface area contributed by atoms with E-state index in [2.05, 4.69) is 4.90 Å². The first-order valence-corrected chi connectivity index (χ1v) is 11.0. The third-order valence-electron chi connectivity index (χ3n) is 5.04. The fraction of sp³-hybridized carbons (Fsp3) is 0.632. The van der Waals surface area contributed by atoms with Gasteiger partial charge in [0.25, 0.3) is 0 Å². The second-order valence-corrected chi connectivity index (χ2v) is 10.2. The molecule has 2 heterocycles. The molecule has 8 nitrogen and oxygen atoms in total. The molecule has 28 heavy (non-hydrogen) atoms. The van der Waals surface area contributed by atoms with Crippen LogP contribution >= 0.6 is 0 Å². The normalized spacial score (nSPS) is 25.1. The van der Waals surface area contributed by atoms with Crippen molar-refractivity contribution in [3.8, 4) is 0 Å². The van der Waals surface area contributed by atoms with E-state index in [1.165, 1.54) is 4.31 Å². The zero-order valence-corrected chi connectivity index (χ0v) is 17.4. The Kier molecular flexibility index (Phi) is 6.00. The van der Waals surface area contributed by atoms with Crippen LogP contribution in [0.1, 0.15) is 20.8 Å². The van der Waals surface area contributed by atoms with Gasteiger partial charge in [-0.1, -0.05) is 18.2 Å². The van der Waals surface area contributed by atoms with Crippen molar-refractivity contribution in [1.82, 2.24) is 14.1 Å². The molecule has 0 aliphatic carbocycles. The number of carbonyl (C=O) groups is 1. The highest BCUT2D eigenvalue weighted by Gasteiger charge is 2.42. The summed E-state index contributed by atoms with van der Waals surface area (Å²) in [5.74, 6) is 0. The van der Waals surface area contributed by atoms with Crippen LogP contribution in [0, 0.1) is 0 Å². The van der Waals surface area contributed by atoms with Crippen molar-refractivity contribution >= 4 is 16.1 Å². The van der Waals surface area contributed by atoms with Gasteiger partial charge in [-0.25, -0.2) is 13.2 Å². The number of hydrogen-bond acceptors (Lipinski definition) is 6. The predicted octanol–water partition coefficient (Wildman–Crippen LogP) is 0.973. The number of aliphatic hydroxyl groups excluding tert-OH is 1. The Morgan fingerprint density at radius 2 is 1.68 bits per heavy atom. The van der Waals surface area contributed by atoms with Gasteiger partial charge >= 0.3 is 6.09 Å². The minimum atomic E-state index is -3.63. The van der Waals surface area contributed by atoms with Crippen LogP contribution in [0.15, 0.2) is 35.2 Å². The van der Waals surface area contributed by atoms with Crippen LogP contribution in [-0.2, 0) is 14.8 Å². The van der Waals surface area contributed by atoms with Gasteiger partial charge in [0.2, 0.25) is 10.0 Å². The van der Waals surface area contributed by atoms with E-state index in [1.807, 2.05) is 20.8 Å². The lowest BCUT2D eigenvalue weighted by atomic mass is 10.1. The molecule has 0 aromatic heterocycles. The summed E-state index contributed by atoms with van der Waals surface area (Å²) in [5, 5.41) is 10.5. The highest BCUT2D eigenvalue weighted by molar-refractivity contribution is 7.89. The number of benzene rings is 1. The molecule has 0 radical (unpaired) electrons. The molecule has 2 atom stereocenters. The van der Waals surface area contributed by atoms with Crippen LogP contribution < -0.4 is 0 Å². The molecule has 2 unspecified atom stereocenters. The van der Waals surface area contributed by atoms with Gasteiger partial charge in [-0.15, -0.1) is 0 Å². The lowest BCUT2D eigenvalue weighted by Crippen LogP contribution is -2.55. The Labute approximate surface area is 166 Å².